The average Bonchev–Trinajstić information content (AvgIpc) is 2.49. The lowest BCUT2D eigenvalue weighted by molar-refractivity contribution is -0.125. The topological polar surface area (TPSA) is 61.4 Å². The molecule has 0 saturated heterocycles. The van der Waals surface area contributed by atoms with Gasteiger partial charge in [0.15, 0.2) is 0 Å². The quantitative estimate of drug-likeness (QED) is 0.757. The van der Waals surface area contributed by atoms with Gasteiger partial charge in [-0.05, 0) is 30.4 Å². The van der Waals surface area contributed by atoms with E-state index in [1.165, 1.54) is 11.1 Å². The van der Waals surface area contributed by atoms with E-state index in [0.29, 0.717) is 0 Å². The minimum atomic E-state index is -0.386. The van der Waals surface area contributed by atoms with Crippen LogP contribution in [-0.4, -0.2) is 29.2 Å². The van der Waals surface area contributed by atoms with Gasteiger partial charge in [-0.3, -0.25) is 4.79 Å². The monoisotopic (exact) mass is 274 g/mol. The summed E-state index contributed by atoms with van der Waals surface area (Å²) < 4.78 is 0. The molecule has 3 rings (SSSR count). The first-order chi connectivity index (χ1) is 9.74. The highest BCUT2D eigenvalue weighted by Crippen LogP contribution is 2.20. The predicted octanol–water partition coefficient (Wildman–Crippen LogP) is 1.12. The van der Waals surface area contributed by atoms with E-state index >= 15 is 0 Å². The maximum atomic E-state index is 12.3. The van der Waals surface area contributed by atoms with Crippen molar-refractivity contribution in [2.75, 3.05) is 0 Å². The summed E-state index contributed by atoms with van der Waals surface area (Å²) in [7, 11) is 0. The van der Waals surface area contributed by atoms with Crippen molar-refractivity contribution in [3.8, 4) is 0 Å². The number of hydrogen-bond acceptors (Lipinski definition) is 3. The lowest BCUT2D eigenvalue weighted by Crippen LogP contribution is -2.53. The van der Waals surface area contributed by atoms with E-state index in [1.54, 1.807) is 0 Å². The summed E-state index contributed by atoms with van der Waals surface area (Å²) in [4.78, 5) is 12.3. The molecule has 4 nitrogen and oxygen atoms in total. The summed E-state index contributed by atoms with van der Waals surface area (Å²) in [6.07, 6.45) is 4.17. The molecule has 1 heterocycles. The van der Waals surface area contributed by atoms with Crippen LogP contribution in [-0.2, 0) is 17.8 Å². The van der Waals surface area contributed by atoms with Gasteiger partial charge in [0, 0.05) is 6.54 Å². The highest BCUT2D eigenvalue weighted by Gasteiger charge is 2.29. The highest BCUT2D eigenvalue weighted by molar-refractivity contribution is 5.82. The van der Waals surface area contributed by atoms with Gasteiger partial charge in [0.25, 0.3) is 0 Å². The van der Waals surface area contributed by atoms with Crippen molar-refractivity contribution in [1.29, 1.82) is 0 Å². The Hall–Kier alpha value is -1.39. The zero-order valence-electron chi connectivity index (χ0n) is 11.6. The van der Waals surface area contributed by atoms with Gasteiger partial charge in [-0.15, -0.1) is 0 Å². The number of carbonyl (C=O) groups is 1. The van der Waals surface area contributed by atoms with Gasteiger partial charge in [0.05, 0.1) is 18.2 Å². The third-order valence-electron chi connectivity index (χ3n) is 4.45. The predicted molar refractivity (Wildman–Crippen MR) is 77.2 cm³/mol. The molecule has 108 valence electrons. The van der Waals surface area contributed by atoms with Crippen LogP contribution in [0.5, 0.6) is 0 Å². The fourth-order valence-corrected chi connectivity index (χ4v) is 3.20. The third kappa shape index (κ3) is 2.86. The van der Waals surface area contributed by atoms with Crippen LogP contribution < -0.4 is 10.6 Å². The smallest absolute Gasteiger partial charge is 0.237 e. The summed E-state index contributed by atoms with van der Waals surface area (Å²) in [5.41, 5.74) is 2.52. The largest absolute Gasteiger partial charge is 0.391 e. The molecule has 3 N–H and O–H groups in total. The van der Waals surface area contributed by atoms with Gasteiger partial charge >= 0.3 is 0 Å². The molecule has 0 bridgehead atoms. The van der Waals surface area contributed by atoms with Crippen LogP contribution in [0.3, 0.4) is 0 Å². The Bertz CT molecular complexity index is 489. The van der Waals surface area contributed by atoms with Crippen LogP contribution >= 0.6 is 0 Å². The van der Waals surface area contributed by atoms with E-state index in [0.717, 1.165) is 38.6 Å². The van der Waals surface area contributed by atoms with Crippen LogP contribution in [0.1, 0.15) is 36.8 Å². The van der Waals surface area contributed by atoms with Crippen LogP contribution in [0.2, 0.25) is 0 Å². The molecule has 1 aromatic carbocycles. The summed E-state index contributed by atoms with van der Waals surface area (Å²) in [6, 6.07) is 7.98. The maximum absolute atomic E-state index is 12.3. The van der Waals surface area contributed by atoms with E-state index in [9.17, 15) is 9.90 Å². The van der Waals surface area contributed by atoms with Crippen molar-refractivity contribution in [3.63, 3.8) is 0 Å². The Morgan fingerprint density at radius 1 is 1.20 bits per heavy atom. The molecule has 0 spiro atoms. The molecule has 2 aliphatic rings. The second-order valence-electron chi connectivity index (χ2n) is 5.87. The molecule has 1 amide bonds. The standard InChI is InChI=1S/C16H22N2O2/c19-15-8-4-3-7-13(15)18-16(20)14-9-11-5-1-2-6-12(11)10-17-14/h1-2,5-6,13-15,17,19H,3-4,7-10H2,(H,18,20)/t13?,14-,15?/m0/s1. The summed E-state index contributed by atoms with van der Waals surface area (Å²) >= 11 is 0. The molecule has 1 saturated carbocycles. The van der Waals surface area contributed by atoms with E-state index in [2.05, 4.69) is 22.8 Å². The molecule has 1 aliphatic carbocycles. The van der Waals surface area contributed by atoms with Gasteiger partial charge < -0.3 is 15.7 Å². The Morgan fingerprint density at radius 2 is 1.95 bits per heavy atom. The number of hydrogen-bond donors (Lipinski definition) is 3. The molecular weight excluding hydrogens is 252 g/mol. The summed E-state index contributed by atoms with van der Waals surface area (Å²) in [5, 5.41) is 16.2. The van der Waals surface area contributed by atoms with Crippen molar-refractivity contribution in [1.82, 2.24) is 10.6 Å². The first-order valence-corrected chi connectivity index (χ1v) is 7.52. The molecule has 1 aromatic rings. The zero-order valence-corrected chi connectivity index (χ0v) is 11.6. The molecule has 3 atom stereocenters. The molecule has 20 heavy (non-hydrogen) atoms. The minimum Gasteiger partial charge on any atom is -0.391 e. The maximum Gasteiger partial charge on any atom is 0.237 e. The number of aliphatic hydroxyl groups excluding tert-OH is 1. The van der Waals surface area contributed by atoms with Crippen LogP contribution in [0.4, 0.5) is 0 Å². The second kappa shape index (κ2) is 5.94. The fraction of sp³-hybridized carbons (Fsp3) is 0.562. The Labute approximate surface area is 119 Å². The number of fused-ring (bicyclic) bond motifs is 1. The Morgan fingerprint density at radius 3 is 2.75 bits per heavy atom. The van der Waals surface area contributed by atoms with Crippen LogP contribution in [0, 0.1) is 0 Å². The molecule has 0 aromatic heterocycles. The van der Waals surface area contributed by atoms with Gasteiger partial charge in [0.1, 0.15) is 0 Å². The van der Waals surface area contributed by atoms with Gasteiger partial charge in [-0.1, -0.05) is 37.1 Å². The van der Waals surface area contributed by atoms with E-state index in [-0.39, 0.29) is 24.1 Å². The lowest BCUT2D eigenvalue weighted by Gasteiger charge is -2.31. The molecule has 1 aliphatic heterocycles. The van der Waals surface area contributed by atoms with E-state index in [1.807, 2.05) is 12.1 Å². The van der Waals surface area contributed by atoms with Gasteiger partial charge in [-0.2, -0.15) is 0 Å². The lowest BCUT2D eigenvalue weighted by atomic mass is 9.91. The third-order valence-corrected chi connectivity index (χ3v) is 4.45. The Balaban J connectivity index is 1.61. The van der Waals surface area contributed by atoms with Crippen LogP contribution in [0.25, 0.3) is 0 Å². The van der Waals surface area contributed by atoms with Crippen molar-refractivity contribution in [2.45, 2.75) is 56.8 Å². The fourth-order valence-electron chi connectivity index (χ4n) is 3.20. The number of amides is 1. The van der Waals surface area contributed by atoms with E-state index < -0.39 is 0 Å². The van der Waals surface area contributed by atoms with Gasteiger partial charge in [-0.25, -0.2) is 0 Å². The summed E-state index contributed by atoms with van der Waals surface area (Å²) in [6.45, 7) is 0.738. The first kappa shape index (κ1) is 13.6. The van der Waals surface area contributed by atoms with Crippen LogP contribution in [0.15, 0.2) is 24.3 Å². The van der Waals surface area contributed by atoms with Gasteiger partial charge in [0.2, 0.25) is 5.91 Å². The van der Waals surface area contributed by atoms with Crippen molar-refractivity contribution in [2.24, 2.45) is 0 Å². The number of nitrogens with one attached hydrogen (secondary N) is 2. The number of aliphatic hydroxyl groups is 1. The molecule has 0 radical (unpaired) electrons. The SMILES string of the molecule is O=C(NC1CCCCC1O)[C@@H]1Cc2ccccc2CN1. The zero-order chi connectivity index (χ0) is 13.9. The van der Waals surface area contributed by atoms with Crippen molar-refractivity contribution >= 4 is 5.91 Å². The number of benzene rings is 1. The van der Waals surface area contributed by atoms with Crippen molar-refractivity contribution < 1.29 is 9.90 Å². The molecule has 4 heteroatoms. The highest BCUT2D eigenvalue weighted by atomic mass is 16.3. The van der Waals surface area contributed by atoms with E-state index in [4.69, 9.17) is 0 Å². The molecule has 1 fully saturated rings. The summed E-state index contributed by atoms with van der Waals surface area (Å²) in [5.74, 6) is 0.0189. The minimum absolute atomic E-state index is 0.0189. The van der Waals surface area contributed by atoms with Crippen molar-refractivity contribution in [3.05, 3.63) is 35.4 Å². The number of rotatable bonds is 2. The second-order valence-corrected chi connectivity index (χ2v) is 5.87. The number of carbonyl (C=O) groups excluding carboxylic acids is 1. The average molecular weight is 274 g/mol. The Kier molecular flexibility index (Phi) is 4.03. The molecule has 2 unspecified atom stereocenters. The molecular formula is C16H22N2O2. The normalized spacial score (nSPS) is 29.6. The first-order valence-electron chi connectivity index (χ1n) is 7.52.